The van der Waals surface area contributed by atoms with E-state index < -0.39 is 9.84 Å². The summed E-state index contributed by atoms with van der Waals surface area (Å²) in [5.74, 6) is -0.543. The number of hydrogen-bond acceptors (Lipinski definition) is 3. The summed E-state index contributed by atoms with van der Waals surface area (Å²) in [6, 6.07) is 19.8. The Morgan fingerprint density at radius 3 is 2.07 bits per heavy atom. The number of aryl methyl sites for hydroxylation is 2. The molecule has 140 valence electrons. The summed E-state index contributed by atoms with van der Waals surface area (Å²) in [5.41, 5.74) is 3.92. The second-order valence-corrected chi connectivity index (χ2v) is 8.54. The number of benzene rings is 2. The standard InChI is InChI=1S/C21H22N2O3S/c1-16-8-9-17(2)23(16)19-12-10-18(11-13-19)22-21(24)14-15-27(25,26)20-6-4-3-5-7-20/h3-13H,14-15H2,1-2H3,(H,22,24). The van der Waals surface area contributed by atoms with Gasteiger partial charge in [0.25, 0.3) is 0 Å². The largest absolute Gasteiger partial charge is 0.326 e. The number of nitrogens with zero attached hydrogens (tertiary/aromatic N) is 1. The van der Waals surface area contributed by atoms with Gasteiger partial charge in [0, 0.05) is 29.2 Å². The van der Waals surface area contributed by atoms with Crippen LogP contribution < -0.4 is 5.32 Å². The van der Waals surface area contributed by atoms with Crippen LogP contribution >= 0.6 is 0 Å². The topological polar surface area (TPSA) is 68.2 Å². The summed E-state index contributed by atoms with van der Waals surface area (Å²) in [7, 11) is -3.46. The van der Waals surface area contributed by atoms with E-state index in [9.17, 15) is 13.2 Å². The van der Waals surface area contributed by atoms with Crippen molar-refractivity contribution in [2.45, 2.75) is 25.2 Å². The number of carbonyl (C=O) groups excluding carboxylic acids is 1. The maximum atomic E-state index is 12.2. The van der Waals surface area contributed by atoms with Gasteiger partial charge in [0.1, 0.15) is 0 Å². The maximum absolute atomic E-state index is 12.2. The van der Waals surface area contributed by atoms with Gasteiger partial charge in [0.15, 0.2) is 9.84 Å². The van der Waals surface area contributed by atoms with Crippen LogP contribution in [0.2, 0.25) is 0 Å². The van der Waals surface area contributed by atoms with Crippen molar-refractivity contribution in [3.05, 3.63) is 78.1 Å². The summed E-state index contributed by atoms with van der Waals surface area (Å²) in [6.07, 6.45) is -0.0885. The molecule has 0 aliphatic carbocycles. The second-order valence-electron chi connectivity index (χ2n) is 6.43. The first-order valence-corrected chi connectivity index (χ1v) is 10.3. The highest BCUT2D eigenvalue weighted by Gasteiger charge is 2.16. The van der Waals surface area contributed by atoms with Gasteiger partial charge >= 0.3 is 0 Å². The van der Waals surface area contributed by atoms with Gasteiger partial charge in [-0.1, -0.05) is 18.2 Å². The van der Waals surface area contributed by atoms with Crippen LogP contribution in [0, 0.1) is 13.8 Å². The number of sulfone groups is 1. The van der Waals surface area contributed by atoms with E-state index in [1.54, 1.807) is 18.2 Å². The molecule has 0 unspecified atom stereocenters. The first kappa shape index (κ1) is 18.9. The van der Waals surface area contributed by atoms with Crippen molar-refractivity contribution >= 4 is 21.4 Å². The fourth-order valence-electron chi connectivity index (χ4n) is 2.97. The Balaban J connectivity index is 1.62. The molecule has 3 aromatic rings. The third-order valence-electron chi connectivity index (χ3n) is 4.38. The Morgan fingerprint density at radius 2 is 1.48 bits per heavy atom. The molecule has 0 aliphatic heterocycles. The van der Waals surface area contributed by atoms with Crippen molar-refractivity contribution in [2.75, 3.05) is 11.1 Å². The summed E-state index contributed by atoms with van der Waals surface area (Å²) < 4.78 is 26.6. The first-order valence-electron chi connectivity index (χ1n) is 8.70. The molecular weight excluding hydrogens is 360 g/mol. The highest BCUT2D eigenvalue weighted by molar-refractivity contribution is 7.91. The van der Waals surface area contributed by atoms with Crippen LogP contribution in [0.1, 0.15) is 17.8 Å². The average molecular weight is 382 g/mol. The molecule has 0 radical (unpaired) electrons. The lowest BCUT2D eigenvalue weighted by atomic mass is 10.2. The van der Waals surface area contributed by atoms with Crippen molar-refractivity contribution in [3.63, 3.8) is 0 Å². The number of nitrogens with one attached hydrogen (secondary N) is 1. The molecule has 1 amide bonds. The van der Waals surface area contributed by atoms with E-state index in [1.165, 1.54) is 12.1 Å². The molecule has 2 aromatic carbocycles. The number of rotatable bonds is 6. The van der Waals surface area contributed by atoms with E-state index >= 15 is 0 Å². The Bertz CT molecular complexity index is 1020. The van der Waals surface area contributed by atoms with Crippen molar-refractivity contribution in [1.82, 2.24) is 4.57 Å². The first-order chi connectivity index (χ1) is 12.9. The van der Waals surface area contributed by atoms with Crippen molar-refractivity contribution in [1.29, 1.82) is 0 Å². The van der Waals surface area contributed by atoms with Crippen LogP contribution in [0.4, 0.5) is 5.69 Å². The lowest BCUT2D eigenvalue weighted by Crippen LogP contribution is -2.17. The number of carbonyl (C=O) groups is 1. The minimum atomic E-state index is -3.46. The van der Waals surface area contributed by atoms with Gasteiger partial charge in [-0.15, -0.1) is 0 Å². The molecule has 1 heterocycles. The second kappa shape index (κ2) is 7.80. The zero-order valence-electron chi connectivity index (χ0n) is 15.3. The molecule has 3 rings (SSSR count). The Kier molecular flexibility index (Phi) is 5.46. The van der Waals surface area contributed by atoms with Gasteiger partial charge in [-0.05, 0) is 62.4 Å². The average Bonchev–Trinajstić information content (AvgIpc) is 3.00. The number of anilines is 1. The van der Waals surface area contributed by atoms with Gasteiger partial charge in [-0.25, -0.2) is 8.42 Å². The lowest BCUT2D eigenvalue weighted by molar-refractivity contribution is -0.115. The predicted octanol–water partition coefficient (Wildman–Crippen LogP) is 3.90. The van der Waals surface area contributed by atoms with Crippen LogP contribution in [-0.4, -0.2) is 24.6 Å². The zero-order chi connectivity index (χ0) is 19.4. The molecule has 0 saturated carbocycles. The normalized spacial score (nSPS) is 11.3. The Labute approximate surface area is 159 Å². The van der Waals surface area contributed by atoms with Crippen LogP contribution in [-0.2, 0) is 14.6 Å². The van der Waals surface area contributed by atoms with Crippen LogP contribution in [0.3, 0.4) is 0 Å². The summed E-state index contributed by atoms with van der Waals surface area (Å²) >= 11 is 0. The third kappa shape index (κ3) is 4.46. The van der Waals surface area contributed by atoms with E-state index in [-0.39, 0.29) is 23.0 Å². The van der Waals surface area contributed by atoms with E-state index in [1.807, 2.05) is 38.1 Å². The van der Waals surface area contributed by atoms with Crippen LogP contribution in [0.25, 0.3) is 5.69 Å². The van der Waals surface area contributed by atoms with Gasteiger partial charge < -0.3 is 9.88 Å². The monoisotopic (exact) mass is 382 g/mol. The smallest absolute Gasteiger partial charge is 0.225 e. The molecule has 1 N–H and O–H groups in total. The molecular formula is C21H22N2O3S. The Morgan fingerprint density at radius 1 is 0.889 bits per heavy atom. The third-order valence-corrected chi connectivity index (χ3v) is 6.11. The predicted molar refractivity (Wildman–Crippen MR) is 107 cm³/mol. The number of amides is 1. The van der Waals surface area contributed by atoms with Crippen molar-refractivity contribution in [3.8, 4) is 5.69 Å². The van der Waals surface area contributed by atoms with Gasteiger partial charge in [0.05, 0.1) is 10.6 Å². The van der Waals surface area contributed by atoms with E-state index in [0.29, 0.717) is 5.69 Å². The fourth-order valence-corrected chi connectivity index (χ4v) is 4.23. The fraction of sp³-hybridized carbons (Fsp3) is 0.190. The summed E-state index contributed by atoms with van der Waals surface area (Å²) in [6.45, 7) is 4.08. The molecule has 0 spiro atoms. The zero-order valence-corrected chi connectivity index (χ0v) is 16.2. The highest BCUT2D eigenvalue weighted by atomic mass is 32.2. The van der Waals surface area contributed by atoms with Gasteiger partial charge in [0.2, 0.25) is 5.91 Å². The van der Waals surface area contributed by atoms with E-state index in [2.05, 4.69) is 22.0 Å². The van der Waals surface area contributed by atoms with Gasteiger partial charge in [-0.2, -0.15) is 0 Å². The highest BCUT2D eigenvalue weighted by Crippen LogP contribution is 2.19. The Hall–Kier alpha value is -2.86. The molecule has 0 fully saturated rings. The molecule has 0 atom stereocenters. The number of aromatic nitrogens is 1. The summed E-state index contributed by atoms with van der Waals surface area (Å²) in [5, 5.41) is 2.76. The van der Waals surface area contributed by atoms with Gasteiger partial charge in [-0.3, -0.25) is 4.79 Å². The maximum Gasteiger partial charge on any atom is 0.225 e. The molecule has 27 heavy (non-hydrogen) atoms. The quantitative estimate of drug-likeness (QED) is 0.703. The van der Waals surface area contributed by atoms with Crippen molar-refractivity contribution < 1.29 is 13.2 Å². The SMILES string of the molecule is Cc1ccc(C)n1-c1ccc(NC(=O)CCS(=O)(=O)c2ccccc2)cc1. The number of hydrogen-bond donors (Lipinski definition) is 1. The minimum absolute atomic E-state index is 0.0885. The van der Waals surface area contributed by atoms with E-state index in [0.717, 1.165) is 17.1 Å². The summed E-state index contributed by atoms with van der Waals surface area (Å²) in [4.78, 5) is 12.4. The lowest BCUT2D eigenvalue weighted by Gasteiger charge is -2.11. The van der Waals surface area contributed by atoms with Crippen LogP contribution in [0.5, 0.6) is 0 Å². The molecule has 0 saturated heterocycles. The molecule has 1 aromatic heterocycles. The van der Waals surface area contributed by atoms with Crippen molar-refractivity contribution in [2.24, 2.45) is 0 Å². The minimum Gasteiger partial charge on any atom is -0.326 e. The molecule has 6 heteroatoms. The molecule has 0 bridgehead atoms. The molecule has 0 aliphatic rings. The molecule has 5 nitrogen and oxygen atoms in total. The van der Waals surface area contributed by atoms with E-state index in [4.69, 9.17) is 0 Å². The van der Waals surface area contributed by atoms with Crippen LogP contribution in [0.15, 0.2) is 71.6 Å².